The van der Waals surface area contributed by atoms with Gasteiger partial charge in [-0.15, -0.1) is 0 Å². The maximum absolute atomic E-state index is 9.38. The third kappa shape index (κ3) is 2.76. The maximum Gasteiger partial charge on any atom is 0.137 e. The van der Waals surface area contributed by atoms with Crippen LogP contribution in [0.25, 0.3) is 0 Å². The summed E-state index contributed by atoms with van der Waals surface area (Å²) in [7, 11) is 1.62. The van der Waals surface area contributed by atoms with Gasteiger partial charge in [0.05, 0.1) is 24.8 Å². The van der Waals surface area contributed by atoms with Gasteiger partial charge in [-0.1, -0.05) is 17.3 Å². The van der Waals surface area contributed by atoms with Gasteiger partial charge < -0.3 is 9.26 Å². The number of aromatic nitrogens is 1. The van der Waals surface area contributed by atoms with Crippen molar-refractivity contribution in [2.45, 2.75) is 26.2 Å². The van der Waals surface area contributed by atoms with Crippen LogP contribution >= 0.6 is 0 Å². The molecule has 2 aromatic rings. The zero-order chi connectivity index (χ0) is 13.8. The Bertz CT molecular complexity index is 591. The molecule has 0 radical (unpaired) electrons. The van der Waals surface area contributed by atoms with Crippen LogP contribution in [0.1, 0.15) is 28.5 Å². The molecule has 1 unspecified atom stereocenters. The van der Waals surface area contributed by atoms with E-state index < -0.39 is 0 Å². The first-order chi connectivity index (χ1) is 9.15. The summed E-state index contributed by atoms with van der Waals surface area (Å²) in [6.45, 7) is 3.77. The van der Waals surface area contributed by atoms with Gasteiger partial charge in [0.2, 0.25) is 0 Å². The van der Waals surface area contributed by atoms with Crippen LogP contribution in [-0.2, 0) is 6.42 Å². The lowest BCUT2D eigenvalue weighted by Crippen LogP contribution is -2.02. The molecular weight excluding hydrogens is 240 g/mol. The summed E-state index contributed by atoms with van der Waals surface area (Å²) in [6.07, 6.45) is 0.602. The van der Waals surface area contributed by atoms with Gasteiger partial charge in [0, 0.05) is 5.56 Å². The topological polar surface area (TPSA) is 59.0 Å². The second-order valence-corrected chi connectivity index (χ2v) is 4.47. The van der Waals surface area contributed by atoms with Crippen LogP contribution in [0.15, 0.2) is 28.8 Å². The van der Waals surface area contributed by atoms with E-state index >= 15 is 0 Å². The molecule has 0 amide bonds. The van der Waals surface area contributed by atoms with Gasteiger partial charge in [-0.25, -0.2) is 0 Å². The third-order valence-electron chi connectivity index (χ3n) is 3.24. The molecule has 4 heteroatoms. The Morgan fingerprint density at radius 1 is 1.42 bits per heavy atom. The molecule has 1 aromatic carbocycles. The lowest BCUT2D eigenvalue weighted by atomic mass is 9.92. The minimum atomic E-state index is -0.230. The minimum Gasteiger partial charge on any atom is -0.497 e. The first-order valence-corrected chi connectivity index (χ1v) is 6.11. The van der Waals surface area contributed by atoms with Crippen LogP contribution in [0.5, 0.6) is 5.75 Å². The zero-order valence-electron chi connectivity index (χ0n) is 11.3. The van der Waals surface area contributed by atoms with Crippen molar-refractivity contribution in [2.24, 2.45) is 0 Å². The summed E-state index contributed by atoms with van der Waals surface area (Å²) >= 11 is 0. The third-order valence-corrected chi connectivity index (χ3v) is 3.24. The van der Waals surface area contributed by atoms with Crippen LogP contribution in [0.3, 0.4) is 0 Å². The summed E-state index contributed by atoms with van der Waals surface area (Å²) < 4.78 is 10.3. The molecule has 0 fully saturated rings. The van der Waals surface area contributed by atoms with E-state index in [0.29, 0.717) is 6.42 Å². The molecule has 0 N–H and O–H groups in total. The van der Waals surface area contributed by atoms with Gasteiger partial charge in [0.15, 0.2) is 0 Å². The van der Waals surface area contributed by atoms with Gasteiger partial charge in [-0.2, -0.15) is 5.26 Å². The predicted octanol–water partition coefficient (Wildman–Crippen LogP) is 3.15. The molecular formula is C15H16N2O2. The second-order valence-electron chi connectivity index (χ2n) is 4.47. The van der Waals surface area contributed by atoms with Crippen LogP contribution in [0.4, 0.5) is 0 Å². The van der Waals surface area contributed by atoms with Crippen molar-refractivity contribution in [1.29, 1.82) is 5.26 Å². The number of ether oxygens (including phenoxy) is 1. The van der Waals surface area contributed by atoms with Crippen molar-refractivity contribution in [3.63, 3.8) is 0 Å². The van der Waals surface area contributed by atoms with E-state index in [2.05, 4.69) is 11.2 Å². The van der Waals surface area contributed by atoms with E-state index in [1.165, 1.54) is 0 Å². The predicted molar refractivity (Wildman–Crippen MR) is 71.0 cm³/mol. The number of rotatable bonds is 4. The van der Waals surface area contributed by atoms with Crippen LogP contribution in [0.2, 0.25) is 0 Å². The fourth-order valence-electron chi connectivity index (χ4n) is 2.09. The Kier molecular flexibility index (Phi) is 3.86. The molecule has 4 nitrogen and oxygen atoms in total. The Morgan fingerprint density at radius 2 is 2.21 bits per heavy atom. The fraction of sp³-hybridized carbons (Fsp3) is 0.333. The molecule has 1 heterocycles. The van der Waals surface area contributed by atoms with Crippen molar-refractivity contribution < 1.29 is 9.26 Å². The van der Waals surface area contributed by atoms with E-state index in [9.17, 15) is 5.26 Å². The molecule has 0 spiro atoms. The van der Waals surface area contributed by atoms with E-state index in [1.807, 2.05) is 38.1 Å². The largest absolute Gasteiger partial charge is 0.497 e. The van der Waals surface area contributed by atoms with Crippen LogP contribution in [-0.4, -0.2) is 12.3 Å². The average Bonchev–Trinajstić information content (AvgIpc) is 2.75. The maximum atomic E-state index is 9.38. The SMILES string of the molecule is COc1cccc(C(C#N)Cc2c(C)noc2C)c1. The Labute approximate surface area is 112 Å². The van der Waals surface area contributed by atoms with Crippen molar-refractivity contribution >= 4 is 0 Å². The van der Waals surface area contributed by atoms with Crippen molar-refractivity contribution in [2.75, 3.05) is 7.11 Å². The van der Waals surface area contributed by atoms with Gasteiger partial charge in [0.25, 0.3) is 0 Å². The fourth-order valence-corrected chi connectivity index (χ4v) is 2.09. The summed E-state index contributed by atoms with van der Waals surface area (Å²) in [5.74, 6) is 1.31. The molecule has 19 heavy (non-hydrogen) atoms. The van der Waals surface area contributed by atoms with Crippen molar-refractivity contribution in [3.8, 4) is 11.8 Å². The van der Waals surface area contributed by atoms with Crippen LogP contribution < -0.4 is 4.74 Å². The van der Waals surface area contributed by atoms with Gasteiger partial charge in [0.1, 0.15) is 11.5 Å². The highest BCUT2D eigenvalue weighted by Crippen LogP contribution is 2.26. The normalized spacial score (nSPS) is 11.9. The zero-order valence-corrected chi connectivity index (χ0v) is 11.3. The molecule has 0 bridgehead atoms. The Balaban J connectivity index is 2.28. The molecule has 0 saturated carbocycles. The summed E-state index contributed by atoms with van der Waals surface area (Å²) in [5.41, 5.74) is 2.80. The molecule has 2 rings (SSSR count). The lowest BCUT2D eigenvalue weighted by Gasteiger charge is -2.10. The standard InChI is InChI=1S/C15H16N2O2/c1-10-15(11(2)19-17-10)8-13(9-16)12-5-4-6-14(7-12)18-3/h4-7,13H,8H2,1-3H3. The number of methoxy groups -OCH3 is 1. The number of nitriles is 1. The first kappa shape index (κ1) is 13.2. The van der Waals surface area contributed by atoms with Gasteiger partial charge >= 0.3 is 0 Å². The number of nitrogens with zero attached hydrogens (tertiary/aromatic N) is 2. The Hall–Kier alpha value is -2.28. The molecule has 0 aliphatic rings. The highest BCUT2D eigenvalue weighted by atomic mass is 16.5. The molecule has 1 aromatic heterocycles. The summed E-state index contributed by atoms with van der Waals surface area (Å²) in [5, 5.41) is 13.3. The van der Waals surface area contributed by atoms with E-state index in [-0.39, 0.29) is 5.92 Å². The Morgan fingerprint density at radius 3 is 2.79 bits per heavy atom. The van der Waals surface area contributed by atoms with Crippen molar-refractivity contribution in [3.05, 3.63) is 46.8 Å². The monoisotopic (exact) mass is 256 g/mol. The van der Waals surface area contributed by atoms with E-state index in [0.717, 1.165) is 28.3 Å². The number of benzene rings is 1. The van der Waals surface area contributed by atoms with Crippen LogP contribution in [0, 0.1) is 25.2 Å². The lowest BCUT2D eigenvalue weighted by molar-refractivity contribution is 0.392. The van der Waals surface area contributed by atoms with E-state index in [4.69, 9.17) is 9.26 Å². The highest BCUT2D eigenvalue weighted by Gasteiger charge is 2.17. The second kappa shape index (κ2) is 5.57. The van der Waals surface area contributed by atoms with Gasteiger partial charge in [-0.05, 0) is 38.0 Å². The molecule has 1 atom stereocenters. The minimum absolute atomic E-state index is 0.230. The number of hydrogen-bond donors (Lipinski definition) is 0. The summed E-state index contributed by atoms with van der Waals surface area (Å²) in [4.78, 5) is 0. The molecule has 0 aliphatic carbocycles. The first-order valence-electron chi connectivity index (χ1n) is 6.11. The molecule has 0 aliphatic heterocycles. The summed E-state index contributed by atoms with van der Waals surface area (Å²) in [6, 6.07) is 9.93. The van der Waals surface area contributed by atoms with Crippen molar-refractivity contribution in [1.82, 2.24) is 5.16 Å². The smallest absolute Gasteiger partial charge is 0.137 e. The quantitative estimate of drug-likeness (QED) is 0.843. The average molecular weight is 256 g/mol. The van der Waals surface area contributed by atoms with Gasteiger partial charge in [-0.3, -0.25) is 0 Å². The highest BCUT2D eigenvalue weighted by molar-refractivity contribution is 5.36. The molecule has 0 saturated heterocycles. The number of aryl methyl sites for hydroxylation is 2. The van der Waals surface area contributed by atoms with E-state index in [1.54, 1.807) is 7.11 Å². The molecule has 98 valence electrons. The number of hydrogen-bond acceptors (Lipinski definition) is 4.